The summed E-state index contributed by atoms with van der Waals surface area (Å²) in [7, 11) is 1.57. The summed E-state index contributed by atoms with van der Waals surface area (Å²) >= 11 is 5.82. The quantitative estimate of drug-likeness (QED) is 0.713. The maximum absolute atomic E-state index is 5.82. The normalized spacial score (nSPS) is 10.0. The standard InChI is InChI=1S/C8H11ClN2O/c1-5-3-6(4-10)11-8(9)7(5)12-2/h3H,4,10H2,1-2H3. The van der Waals surface area contributed by atoms with E-state index in [0.717, 1.165) is 11.3 Å². The number of nitrogens with two attached hydrogens (primary N) is 1. The number of methoxy groups -OCH3 is 1. The molecule has 4 heteroatoms. The third kappa shape index (κ3) is 1.68. The zero-order valence-corrected chi connectivity index (χ0v) is 7.85. The Morgan fingerprint density at radius 3 is 2.75 bits per heavy atom. The Hall–Kier alpha value is -0.800. The zero-order valence-electron chi connectivity index (χ0n) is 7.10. The highest BCUT2D eigenvalue weighted by molar-refractivity contribution is 6.30. The van der Waals surface area contributed by atoms with E-state index in [9.17, 15) is 0 Å². The molecule has 66 valence electrons. The lowest BCUT2D eigenvalue weighted by molar-refractivity contribution is 0.409. The van der Waals surface area contributed by atoms with Crippen LogP contribution in [-0.4, -0.2) is 12.1 Å². The Morgan fingerprint density at radius 2 is 2.33 bits per heavy atom. The average molecular weight is 187 g/mol. The SMILES string of the molecule is COc1c(C)cc(CN)nc1Cl. The van der Waals surface area contributed by atoms with Crippen LogP contribution in [0.15, 0.2) is 6.07 Å². The van der Waals surface area contributed by atoms with Crippen molar-refractivity contribution < 1.29 is 4.74 Å². The molecule has 0 atom stereocenters. The maximum atomic E-state index is 5.82. The smallest absolute Gasteiger partial charge is 0.171 e. The molecule has 1 rings (SSSR count). The summed E-state index contributed by atoms with van der Waals surface area (Å²) in [5, 5.41) is 0.373. The van der Waals surface area contributed by atoms with Crippen molar-refractivity contribution in [1.82, 2.24) is 4.98 Å². The molecule has 0 unspecified atom stereocenters. The summed E-state index contributed by atoms with van der Waals surface area (Å²) in [6, 6.07) is 1.87. The first kappa shape index (κ1) is 9.29. The highest BCUT2D eigenvalue weighted by atomic mass is 35.5. The molecule has 1 aromatic rings. The van der Waals surface area contributed by atoms with E-state index in [1.807, 2.05) is 13.0 Å². The molecule has 1 aromatic heterocycles. The lowest BCUT2D eigenvalue weighted by Crippen LogP contribution is -2.01. The molecule has 0 bridgehead atoms. The van der Waals surface area contributed by atoms with Gasteiger partial charge in [-0.3, -0.25) is 0 Å². The minimum Gasteiger partial charge on any atom is -0.493 e. The van der Waals surface area contributed by atoms with Gasteiger partial charge in [0, 0.05) is 6.54 Å². The van der Waals surface area contributed by atoms with Crippen molar-refractivity contribution >= 4 is 11.6 Å². The first-order valence-corrected chi connectivity index (χ1v) is 3.97. The zero-order chi connectivity index (χ0) is 9.14. The molecular formula is C8H11ClN2O. The fourth-order valence-electron chi connectivity index (χ4n) is 1.04. The Balaban J connectivity index is 3.18. The van der Waals surface area contributed by atoms with Gasteiger partial charge in [-0.2, -0.15) is 0 Å². The van der Waals surface area contributed by atoms with Crippen molar-refractivity contribution in [2.24, 2.45) is 5.73 Å². The number of ether oxygens (including phenoxy) is 1. The second-order valence-corrected chi connectivity index (χ2v) is 2.82. The number of pyridine rings is 1. The minimum absolute atomic E-state index is 0.373. The Kier molecular flexibility index (Phi) is 2.89. The molecule has 0 aliphatic heterocycles. The van der Waals surface area contributed by atoms with Gasteiger partial charge >= 0.3 is 0 Å². The molecule has 0 spiro atoms. The summed E-state index contributed by atoms with van der Waals surface area (Å²) in [4.78, 5) is 4.04. The van der Waals surface area contributed by atoms with Crippen LogP contribution in [0.1, 0.15) is 11.3 Å². The van der Waals surface area contributed by atoms with Gasteiger partial charge in [0.1, 0.15) is 0 Å². The number of halogens is 1. The fourth-order valence-corrected chi connectivity index (χ4v) is 1.37. The summed E-state index contributed by atoms with van der Waals surface area (Å²) in [5.41, 5.74) is 7.15. The molecule has 2 N–H and O–H groups in total. The van der Waals surface area contributed by atoms with Crippen LogP contribution in [0.25, 0.3) is 0 Å². The predicted molar refractivity (Wildman–Crippen MR) is 48.4 cm³/mol. The molecule has 0 amide bonds. The van der Waals surface area contributed by atoms with Crippen LogP contribution in [0.3, 0.4) is 0 Å². The topological polar surface area (TPSA) is 48.1 Å². The first-order chi connectivity index (χ1) is 5.69. The molecule has 0 radical (unpaired) electrons. The van der Waals surface area contributed by atoms with Gasteiger partial charge in [-0.25, -0.2) is 4.98 Å². The van der Waals surface area contributed by atoms with Crippen LogP contribution in [0, 0.1) is 6.92 Å². The largest absolute Gasteiger partial charge is 0.493 e. The van der Waals surface area contributed by atoms with E-state index in [4.69, 9.17) is 22.1 Å². The molecule has 0 aromatic carbocycles. The molecule has 0 aliphatic carbocycles. The van der Waals surface area contributed by atoms with E-state index in [2.05, 4.69) is 4.98 Å². The molecule has 0 aliphatic rings. The van der Waals surface area contributed by atoms with Gasteiger partial charge in [-0.15, -0.1) is 0 Å². The van der Waals surface area contributed by atoms with Gasteiger partial charge in [0.25, 0.3) is 0 Å². The Labute approximate surface area is 76.5 Å². The number of aryl methyl sites for hydroxylation is 1. The monoisotopic (exact) mass is 186 g/mol. The van der Waals surface area contributed by atoms with Crippen molar-refractivity contribution in [3.8, 4) is 5.75 Å². The van der Waals surface area contributed by atoms with E-state index in [1.54, 1.807) is 7.11 Å². The molecule has 1 heterocycles. The van der Waals surface area contributed by atoms with E-state index < -0.39 is 0 Å². The highest BCUT2D eigenvalue weighted by Gasteiger charge is 2.06. The summed E-state index contributed by atoms with van der Waals surface area (Å²) in [6.45, 7) is 2.30. The first-order valence-electron chi connectivity index (χ1n) is 3.59. The maximum Gasteiger partial charge on any atom is 0.171 e. The van der Waals surface area contributed by atoms with E-state index in [0.29, 0.717) is 17.4 Å². The molecule has 0 saturated carbocycles. The lowest BCUT2D eigenvalue weighted by Gasteiger charge is -2.07. The second-order valence-electron chi connectivity index (χ2n) is 2.46. The average Bonchev–Trinajstić information content (AvgIpc) is 2.03. The Morgan fingerprint density at radius 1 is 1.67 bits per heavy atom. The fraction of sp³-hybridized carbons (Fsp3) is 0.375. The van der Waals surface area contributed by atoms with Gasteiger partial charge in [0.15, 0.2) is 10.9 Å². The highest BCUT2D eigenvalue weighted by Crippen LogP contribution is 2.26. The van der Waals surface area contributed by atoms with E-state index in [-0.39, 0.29) is 0 Å². The van der Waals surface area contributed by atoms with Crippen LogP contribution in [0.5, 0.6) is 5.75 Å². The van der Waals surface area contributed by atoms with Crippen molar-refractivity contribution in [1.29, 1.82) is 0 Å². The van der Waals surface area contributed by atoms with Crippen LogP contribution in [0.4, 0.5) is 0 Å². The van der Waals surface area contributed by atoms with Crippen molar-refractivity contribution in [2.45, 2.75) is 13.5 Å². The summed E-state index contributed by atoms with van der Waals surface area (Å²) < 4.78 is 5.04. The number of nitrogens with zero attached hydrogens (tertiary/aromatic N) is 1. The number of hydrogen-bond donors (Lipinski definition) is 1. The summed E-state index contributed by atoms with van der Waals surface area (Å²) in [6.07, 6.45) is 0. The Bertz CT molecular complexity index is 265. The van der Waals surface area contributed by atoms with E-state index in [1.165, 1.54) is 0 Å². The second kappa shape index (κ2) is 3.74. The van der Waals surface area contributed by atoms with E-state index >= 15 is 0 Å². The van der Waals surface area contributed by atoms with Gasteiger partial charge in [-0.05, 0) is 18.6 Å². The van der Waals surface area contributed by atoms with Crippen molar-refractivity contribution in [3.63, 3.8) is 0 Å². The van der Waals surface area contributed by atoms with Crippen LogP contribution >= 0.6 is 11.6 Å². The van der Waals surface area contributed by atoms with Crippen LogP contribution in [-0.2, 0) is 6.54 Å². The third-order valence-corrected chi connectivity index (χ3v) is 1.84. The molecular weight excluding hydrogens is 176 g/mol. The predicted octanol–water partition coefficient (Wildman–Crippen LogP) is 1.51. The van der Waals surface area contributed by atoms with Crippen molar-refractivity contribution in [2.75, 3.05) is 7.11 Å². The molecule has 0 saturated heterocycles. The van der Waals surface area contributed by atoms with Crippen LogP contribution < -0.4 is 10.5 Å². The molecule has 12 heavy (non-hydrogen) atoms. The van der Waals surface area contributed by atoms with Gasteiger partial charge < -0.3 is 10.5 Å². The van der Waals surface area contributed by atoms with Crippen molar-refractivity contribution in [3.05, 3.63) is 22.5 Å². The van der Waals surface area contributed by atoms with Gasteiger partial charge in [0.2, 0.25) is 0 Å². The number of rotatable bonds is 2. The van der Waals surface area contributed by atoms with Gasteiger partial charge in [0.05, 0.1) is 12.8 Å². The number of aromatic nitrogens is 1. The lowest BCUT2D eigenvalue weighted by atomic mass is 10.2. The summed E-state index contributed by atoms with van der Waals surface area (Å²) in [5.74, 6) is 0.619. The number of hydrogen-bond acceptors (Lipinski definition) is 3. The molecule has 0 fully saturated rings. The minimum atomic E-state index is 0.373. The van der Waals surface area contributed by atoms with Crippen LogP contribution in [0.2, 0.25) is 5.15 Å². The third-order valence-electron chi connectivity index (χ3n) is 1.58. The van der Waals surface area contributed by atoms with Gasteiger partial charge in [-0.1, -0.05) is 11.6 Å². The molecule has 3 nitrogen and oxygen atoms in total.